The van der Waals surface area contributed by atoms with Crippen LogP contribution in [-0.4, -0.2) is 61.4 Å². The number of carbonyl (C=O) groups is 2. The summed E-state index contributed by atoms with van der Waals surface area (Å²) < 4.78 is 6.03. The molecule has 0 unspecified atom stereocenters. The SMILES string of the molecule is C[C@@H]1CCCN1CCCOc1ccc2c(c1)CCC(=O)N2c1ccc(C(=O)N(C)C)cc1. The number of likely N-dealkylation sites (tertiary alicyclic amines) is 1. The van der Waals surface area contributed by atoms with Gasteiger partial charge in [-0.05, 0) is 87.2 Å². The molecule has 2 aromatic rings. The molecule has 2 aliphatic rings. The molecule has 2 aliphatic heterocycles. The molecule has 4 rings (SSSR count). The number of carbonyl (C=O) groups excluding carboxylic acids is 2. The van der Waals surface area contributed by atoms with Crippen LogP contribution in [0.1, 0.15) is 48.5 Å². The Bertz CT molecular complexity index is 971. The molecular formula is C26H33N3O3. The summed E-state index contributed by atoms with van der Waals surface area (Å²) in [7, 11) is 3.46. The van der Waals surface area contributed by atoms with Crippen LogP contribution >= 0.6 is 0 Å². The van der Waals surface area contributed by atoms with Gasteiger partial charge in [0.1, 0.15) is 5.75 Å². The van der Waals surface area contributed by atoms with E-state index in [0.717, 1.165) is 35.7 Å². The Labute approximate surface area is 190 Å². The van der Waals surface area contributed by atoms with E-state index < -0.39 is 0 Å². The molecule has 0 radical (unpaired) electrons. The zero-order valence-electron chi connectivity index (χ0n) is 19.3. The second kappa shape index (κ2) is 9.74. The Hall–Kier alpha value is -2.86. The zero-order valence-corrected chi connectivity index (χ0v) is 19.3. The third-order valence-corrected chi connectivity index (χ3v) is 6.48. The molecule has 2 heterocycles. The Morgan fingerprint density at radius 1 is 1.12 bits per heavy atom. The van der Waals surface area contributed by atoms with Crippen molar-refractivity contribution in [1.29, 1.82) is 0 Å². The Kier molecular flexibility index (Phi) is 6.80. The summed E-state index contributed by atoms with van der Waals surface area (Å²) in [6.07, 6.45) is 4.79. The maximum Gasteiger partial charge on any atom is 0.253 e. The number of rotatable bonds is 7. The van der Waals surface area contributed by atoms with E-state index in [2.05, 4.69) is 17.9 Å². The molecule has 1 saturated heterocycles. The van der Waals surface area contributed by atoms with Gasteiger partial charge in [-0.2, -0.15) is 0 Å². The van der Waals surface area contributed by atoms with Crippen LogP contribution in [0.2, 0.25) is 0 Å². The maximum atomic E-state index is 12.7. The fourth-order valence-electron chi connectivity index (χ4n) is 4.63. The summed E-state index contributed by atoms with van der Waals surface area (Å²) in [5.74, 6) is 0.875. The minimum absolute atomic E-state index is 0.0529. The minimum atomic E-state index is -0.0529. The van der Waals surface area contributed by atoms with Crippen molar-refractivity contribution < 1.29 is 14.3 Å². The largest absolute Gasteiger partial charge is 0.494 e. The number of aryl methyl sites for hydroxylation is 1. The van der Waals surface area contributed by atoms with Crippen LogP contribution in [0.3, 0.4) is 0 Å². The van der Waals surface area contributed by atoms with E-state index in [4.69, 9.17) is 4.74 Å². The second-order valence-corrected chi connectivity index (χ2v) is 9.00. The van der Waals surface area contributed by atoms with Crippen molar-refractivity contribution in [2.24, 2.45) is 0 Å². The van der Waals surface area contributed by atoms with Crippen molar-refractivity contribution in [2.75, 3.05) is 38.7 Å². The molecule has 0 aliphatic carbocycles. The molecule has 170 valence electrons. The quantitative estimate of drug-likeness (QED) is 0.610. The summed E-state index contributed by atoms with van der Waals surface area (Å²) in [4.78, 5) is 30.7. The van der Waals surface area contributed by atoms with Crippen molar-refractivity contribution in [1.82, 2.24) is 9.80 Å². The highest BCUT2D eigenvalue weighted by atomic mass is 16.5. The lowest BCUT2D eigenvalue weighted by atomic mass is 9.99. The molecule has 0 saturated carbocycles. The van der Waals surface area contributed by atoms with Gasteiger partial charge in [0.05, 0.1) is 12.3 Å². The third-order valence-electron chi connectivity index (χ3n) is 6.48. The van der Waals surface area contributed by atoms with Crippen LogP contribution in [0.4, 0.5) is 11.4 Å². The lowest BCUT2D eigenvalue weighted by molar-refractivity contribution is -0.118. The number of fused-ring (bicyclic) bond motifs is 1. The van der Waals surface area contributed by atoms with Crippen molar-refractivity contribution >= 4 is 23.2 Å². The topological polar surface area (TPSA) is 53.1 Å². The van der Waals surface area contributed by atoms with Crippen molar-refractivity contribution in [3.63, 3.8) is 0 Å². The van der Waals surface area contributed by atoms with Gasteiger partial charge in [-0.1, -0.05) is 0 Å². The van der Waals surface area contributed by atoms with Gasteiger partial charge in [-0.25, -0.2) is 0 Å². The number of hydrogen-bond acceptors (Lipinski definition) is 4. The fraction of sp³-hybridized carbons (Fsp3) is 0.462. The first kappa shape index (κ1) is 22.3. The van der Waals surface area contributed by atoms with Gasteiger partial charge in [0.15, 0.2) is 0 Å². The van der Waals surface area contributed by atoms with E-state index in [9.17, 15) is 9.59 Å². The summed E-state index contributed by atoms with van der Waals surface area (Å²) in [6.45, 7) is 5.29. The second-order valence-electron chi connectivity index (χ2n) is 9.00. The van der Waals surface area contributed by atoms with E-state index >= 15 is 0 Å². The van der Waals surface area contributed by atoms with Gasteiger partial charge in [0.25, 0.3) is 5.91 Å². The van der Waals surface area contributed by atoms with E-state index in [1.165, 1.54) is 19.4 Å². The highest BCUT2D eigenvalue weighted by Crippen LogP contribution is 2.36. The van der Waals surface area contributed by atoms with Gasteiger partial charge in [-0.15, -0.1) is 0 Å². The predicted octanol–water partition coefficient (Wildman–Crippen LogP) is 4.25. The first-order valence-corrected chi connectivity index (χ1v) is 11.6. The van der Waals surface area contributed by atoms with Crippen LogP contribution in [-0.2, 0) is 11.2 Å². The number of ether oxygens (including phenoxy) is 1. The summed E-state index contributed by atoms with van der Waals surface area (Å²) in [5.41, 5.74) is 3.39. The molecule has 6 nitrogen and oxygen atoms in total. The Morgan fingerprint density at radius 3 is 2.59 bits per heavy atom. The smallest absolute Gasteiger partial charge is 0.253 e. The maximum absolute atomic E-state index is 12.7. The average molecular weight is 436 g/mol. The number of anilines is 2. The molecule has 1 atom stereocenters. The van der Waals surface area contributed by atoms with Crippen LogP contribution in [0.25, 0.3) is 0 Å². The van der Waals surface area contributed by atoms with Gasteiger partial charge in [0, 0.05) is 44.4 Å². The highest BCUT2D eigenvalue weighted by molar-refractivity contribution is 6.03. The van der Waals surface area contributed by atoms with E-state index in [1.807, 2.05) is 24.3 Å². The molecule has 1 fully saturated rings. The monoisotopic (exact) mass is 435 g/mol. The van der Waals surface area contributed by atoms with Gasteiger partial charge in [0.2, 0.25) is 5.91 Å². The first-order chi connectivity index (χ1) is 15.4. The molecule has 0 spiro atoms. The minimum Gasteiger partial charge on any atom is -0.494 e. The molecule has 32 heavy (non-hydrogen) atoms. The Morgan fingerprint density at radius 2 is 1.91 bits per heavy atom. The number of benzene rings is 2. The number of hydrogen-bond donors (Lipinski definition) is 0. The van der Waals surface area contributed by atoms with Gasteiger partial charge in [-0.3, -0.25) is 14.5 Å². The van der Waals surface area contributed by atoms with Gasteiger partial charge >= 0.3 is 0 Å². The summed E-state index contributed by atoms with van der Waals surface area (Å²) >= 11 is 0. The lowest BCUT2D eigenvalue weighted by Crippen LogP contribution is -2.31. The molecule has 2 amide bonds. The van der Waals surface area contributed by atoms with Crippen molar-refractivity contribution in [3.05, 3.63) is 53.6 Å². The Balaban J connectivity index is 1.43. The van der Waals surface area contributed by atoms with Crippen LogP contribution in [0.15, 0.2) is 42.5 Å². The van der Waals surface area contributed by atoms with Crippen molar-refractivity contribution in [2.45, 2.75) is 45.1 Å². The summed E-state index contributed by atoms with van der Waals surface area (Å²) in [5, 5.41) is 0. The molecule has 0 bridgehead atoms. The molecule has 0 N–H and O–H groups in total. The normalized spacial score (nSPS) is 18.5. The summed E-state index contributed by atoms with van der Waals surface area (Å²) in [6, 6.07) is 13.9. The molecular weight excluding hydrogens is 402 g/mol. The predicted molar refractivity (Wildman–Crippen MR) is 127 cm³/mol. The van der Waals surface area contributed by atoms with Crippen LogP contribution < -0.4 is 9.64 Å². The lowest BCUT2D eigenvalue weighted by Gasteiger charge is -2.30. The third kappa shape index (κ3) is 4.80. The average Bonchev–Trinajstić information content (AvgIpc) is 3.21. The van der Waals surface area contributed by atoms with Crippen LogP contribution in [0, 0.1) is 0 Å². The molecule has 6 heteroatoms. The van der Waals surface area contributed by atoms with Crippen molar-refractivity contribution in [3.8, 4) is 5.75 Å². The zero-order chi connectivity index (χ0) is 22.7. The van der Waals surface area contributed by atoms with E-state index in [-0.39, 0.29) is 11.8 Å². The molecule has 2 aromatic carbocycles. The number of nitrogens with zero attached hydrogens (tertiary/aromatic N) is 3. The first-order valence-electron chi connectivity index (χ1n) is 11.6. The van der Waals surface area contributed by atoms with Gasteiger partial charge < -0.3 is 14.5 Å². The fourth-order valence-corrected chi connectivity index (χ4v) is 4.63. The van der Waals surface area contributed by atoms with E-state index in [1.54, 1.807) is 36.0 Å². The number of amides is 2. The molecule has 0 aromatic heterocycles. The van der Waals surface area contributed by atoms with E-state index in [0.29, 0.717) is 31.1 Å². The highest BCUT2D eigenvalue weighted by Gasteiger charge is 2.26. The van der Waals surface area contributed by atoms with Crippen LogP contribution in [0.5, 0.6) is 5.75 Å². The standard InChI is InChI=1S/C26H33N3O3/c1-19-6-4-15-28(19)16-5-17-32-23-12-13-24-21(18-23)9-14-25(30)29(24)22-10-7-20(8-11-22)26(31)27(2)3/h7-8,10-13,18-19H,4-6,9,14-17H2,1-3H3/t19-/m1/s1.